The van der Waals surface area contributed by atoms with Crippen LogP contribution in [-0.2, 0) is 4.74 Å². The zero-order chi connectivity index (χ0) is 24.3. The van der Waals surface area contributed by atoms with Gasteiger partial charge in [0.15, 0.2) is 0 Å². The van der Waals surface area contributed by atoms with Crippen molar-refractivity contribution in [3.05, 3.63) is 65.7 Å². The number of benzene rings is 1. The van der Waals surface area contributed by atoms with Crippen molar-refractivity contribution in [1.82, 2.24) is 15.0 Å². The number of nitrogens with one attached hydrogen (secondary N) is 1. The van der Waals surface area contributed by atoms with E-state index in [4.69, 9.17) is 9.47 Å². The summed E-state index contributed by atoms with van der Waals surface area (Å²) in [5.74, 6) is -5.09. The van der Waals surface area contributed by atoms with Crippen LogP contribution in [0.25, 0.3) is 11.1 Å². The molecule has 1 saturated heterocycles. The summed E-state index contributed by atoms with van der Waals surface area (Å²) in [6, 6.07) is 4.36. The van der Waals surface area contributed by atoms with E-state index in [1.54, 1.807) is 6.92 Å². The van der Waals surface area contributed by atoms with Crippen LogP contribution in [0.3, 0.4) is 0 Å². The van der Waals surface area contributed by atoms with Gasteiger partial charge in [0.05, 0.1) is 23.6 Å². The first-order valence-electron chi connectivity index (χ1n) is 10.5. The molecule has 4 rings (SSSR count). The van der Waals surface area contributed by atoms with E-state index in [0.717, 1.165) is 18.2 Å². The minimum Gasteiger partial charge on any atom is -0.464 e. The van der Waals surface area contributed by atoms with Crippen molar-refractivity contribution >= 4 is 11.6 Å². The minimum absolute atomic E-state index is 0.0149. The van der Waals surface area contributed by atoms with Crippen molar-refractivity contribution in [2.45, 2.75) is 31.8 Å². The molecular weight excluding hydrogens is 456 g/mol. The lowest BCUT2D eigenvalue weighted by Crippen LogP contribution is -2.31. The van der Waals surface area contributed by atoms with Gasteiger partial charge < -0.3 is 14.8 Å². The van der Waals surface area contributed by atoms with Gasteiger partial charge in [0.1, 0.15) is 24.3 Å². The molecular formula is C23H20F4N4O3. The Labute approximate surface area is 192 Å². The summed E-state index contributed by atoms with van der Waals surface area (Å²) in [6.07, 6.45) is 2.39. The summed E-state index contributed by atoms with van der Waals surface area (Å²) >= 11 is 0. The number of nitrogens with zero attached hydrogens (tertiary/aromatic N) is 3. The smallest absolute Gasteiger partial charge is 0.316 e. The highest BCUT2D eigenvalue weighted by Gasteiger charge is 2.38. The predicted octanol–water partition coefficient (Wildman–Crippen LogP) is 4.95. The van der Waals surface area contributed by atoms with Crippen molar-refractivity contribution in [1.29, 1.82) is 0 Å². The fraction of sp³-hybridized carbons (Fsp3) is 0.304. The summed E-state index contributed by atoms with van der Waals surface area (Å²) in [5.41, 5.74) is 0.171. The molecule has 0 bridgehead atoms. The van der Waals surface area contributed by atoms with Gasteiger partial charge in [-0.25, -0.2) is 27.5 Å². The van der Waals surface area contributed by atoms with E-state index in [1.165, 1.54) is 24.7 Å². The monoisotopic (exact) mass is 476 g/mol. The standard InChI is InChI=1S/C23H20F4N4O3/c1-2-33-22-29-10-13(11-30-22)21(32)31-19-15(16-9-14(24)3-4-17(16)25)6-8-28-20(19)18-5-7-23(26,27)12-34-18/h3-4,6,8-11,18H,2,5,7,12H2,1H3,(H,31,32)/t18-/m1/s1. The Balaban J connectivity index is 1.74. The molecule has 1 atom stereocenters. The average molecular weight is 476 g/mol. The van der Waals surface area contributed by atoms with Gasteiger partial charge in [-0.15, -0.1) is 0 Å². The van der Waals surface area contributed by atoms with Gasteiger partial charge in [-0.2, -0.15) is 0 Å². The zero-order valence-electron chi connectivity index (χ0n) is 18.0. The number of ether oxygens (including phenoxy) is 2. The first kappa shape index (κ1) is 23.6. The van der Waals surface area contributed by atoms with Crippen LogP contribution < -0.4 is 10.1 Å². The number of hydrogen-bond acceptors (Lipinski definition) is 6. The highest BCUT2D eigenvalue weighted by atomic mass is 19.3. The van der Waals surface area contributed by atoms with Crippen molar-refractivity contribution in [3.63, 3.8) is 0 Å². The molecule has 11 heteroatoms. The molecule has 0 aliphatic carbocycles. The number of amides is 1. The Morgan fingerprint density at radius 2 is 1.94 bits per heavy atom. The summed E-state index contributed by atoms with van der Waals surface area (Å²) in [5, 5.41) is 2.63. The fourth-order valence-electron chi connectivity index (χ4n) is 3.54. The molecule has 178 valence electrons. The maximum Gasteiger partial charge on any atom is 0.316 e. The number of alkyl halides is 2. The van der Waals surface area contributed by atoms with Gasteiger partial charge in [-0.05, 0) is 37.6 Å². The van der Waals surface area contributed by atoms with Gasteiger partial charge in [0.25, 0.3) is 11.8 Å². The highest BCUT2D eigenvalue weighted by molar-refractivity contribution is 6.06. The predicted molar refractivity (Wildman–Crippen MR) is 114 cm³/mol. The van der Waals surface area contributed by atoms with Crippen molar-refractivity contribution in [3.8, 4) is 17.1 Å². The largest absolute Gasteiger partial charge is 0.464 e. The molecule has 1 amide bonds. The van der Waals surface area contributed by atoms with E-state index in [9.17, 15) is 22.4 Å². The van der Waals surface area contributed by atoms with Crippen LogP contribution in [-0.4, -0.2) is 40.0 Å². The third kappa shape index (κ3) is 5.14. The van der Waals surface area contributed by atoms with E-state index in [-0.39, 0.29) is 40.5 Å². The quantitative estimate of drug-likeness (QED) is 0.507. The summed E-state index contributed by atoms with van der Waals surface area (Å²) in [7, 11) is 0. The molecule has 1 N–H and O–H groups in total. The van der Waals surface area contributed by atoms with Gasteiger partial charge in [-0.1, -0.05) is 0 Å². The molecule has 1 aromatic carbocycles. The maximum absolute atomic E-state index is 14.6. The molecule has 7 nitrogen and oxygen atoms in total. The number of aromatic nitrogens is 3. The van der Waals surface area contributed by atoms with Crippen LogP contribution >= 0.6 is 0 Å². The average Bonchev–Trinajstić information content (AvgIpc) is 2.82. The number of carbonyl (C=O) groups is 1. The highest BCUT2D eigenvalue weighted by Crippen LogP contribution is 2.41. The van der Waals surface area contributed by atoms with Crippen molar-refractivity contribution in [2.24, 2.45) is 0 Å². The van der Waals surface area contributed by atoms with Gasteiger partial charge in [0, 0.05) is 36.1 Å². The summed E-state index contributed by atoms with van der Waals surface area (Å²) in [4.78, 5) is 25.1. The Hall–Kier alpha value is -3.60. The van der Waals surface area contributed by atoms with Crippen LogP contribution in [0.5, 0.6) is 6.01 Å². The molecule has 1 aliphatic rings. The summed E-state index contributed by atoms with van der Waals surface area (Å²) < 4.78 is 66.3. The van der Waals surface area contributed by atoms with E-state index in [2.05, 4.69) is 20.3 Å². The van der Waals surface area contributed by atoms with Crippen LogP contribution in [0.15, 0.2) is 42.9 Å². The molecule has 3 heterocycles. The van der Waals surface area contributed by atoms with Crippen molar-refractivity contribution in [2.75, 3.05) is 18.5 Å². The molecule has 0 saturated carbocycles. The lowest BCUT2D eigenvalue weighted by atomic mass is 9.97. The molecule has 2 aromatic heterocycles. The van der Waals surface area contributed by atoms with Gasteiger partial charge in [-0.3, -0.25) is 9.78 Å². The molecule has 3 aromatic rings. The Bertz CT molecular complexity index is 1180. The van der Waals surface area contributed by atoms with E-state index in [1.807, 2.05) is 0 Å². The third-order valence-corrected chi connectivity index (χ3v) is 5.17. The second-order valence-electron chi connectivity index (χ2n) is 7.58. The molecule has 34 heavy (non-hydrogen) atoms. The maximum atomic E-state index is 14.6. The number of rotatable bonds is 6. The SMILES string of the molecule is CCOc1ncc(C(=O)Nc2c(-c3cc(F)ccc3F)ccnc2[C@H]2CCC(F)(F)CO2)cn1. The molecule has 1 fully saturated rings. The lowest BCUT2D eigenvalue weighted by molar-refractivity contribution is -0.146. The Morgan fingerprint density at radius 3 is 2.62 bits per heavy atom. The first-order chi connectivity index (χ1) is 16.3. The third-order valence-electron chi connectivity index (χ3n) is 5.17. The van der Waals surface area contributed by atoms with Crippen LogP contribution in [0.1, 0.15) is 41.9 Å². The number of hydrogen-bond donors (Lipinski definition) is 1. The van der Waals surface area contributed by atoms with Crippen LogP contribution in [0.4, 0.5) is 23.2 Å². The first-order valence-corrected chi connectivity index (χ1v) is 10.5. The van der Waals surface area contributed by atoms with E-state index in [0.29, 0.717) is 6.61 Å². The lowest BCUT2D eigenvalue weighted by Gasteiger charge is -2.30. The van der Waals surface area contributed by atoms with Crippen molar-refractivity contribution < 1.29 is 31.8 Å². The van der Waals surface area contributed by atoms with Gasteiger partial charge in [0.2, 0.25) is 0 Å². The number of pyridine rings is 1. The second-order valence-corrected chi connectivity index (χ2v) is 7.58. The second kappa shape index (κ2) is 9.72. The van der Waals surface area contributed by atoms with Crippen LogP contribution in [0, 0.1) is 11.6 Å². The molecule has 0 unspecified atom stereocenters. The molecule has 0 radical (unpaired) electrons. The van der Waals surface area contributed by atoms with E-state index >= 15 is 0 Å². The Kier molecular flexibility index (Phi) is 6.73. The fourth-order valence-corrected chi connectivity index (χ4v) is 3.54. The number of anilines is 1. The number of carbonyl (C=O) groups excluding carboxylic acids is 1. The van der Waals surface area contributed by atoms with Gasteiger partial charge >= 0.3 is 6.01 Å². The molecule has 0 spiro atoms. The normalized spacial score (nSPS) is 17.3. The number of halogens is 4. The van der Waals surface area contributed by atoms with Crippen LogP contribution in [0.2, 0.25) is 0 Å². The molecule has 1 aliphatic heterocycles. The Morgan fingerprint density at radius 1 is 1.18 bits per heavy atom. The topological polar surface area (TPSA) is 86.2 Å². The van der Waals surface area contributed by atoms with E-state index < -0.39 is 42.6 Å². The minimum atomic E-state index is -2.98. The summed E-state index contributed by atoms with van der Waals surface area (Å²) in [6.45, 7) is 1.27. The zero-order valence-corrected chi connectivity index (χ0v) is 18.0.